The van der Waals surface area contributed by atoms with E-state index in [0.29, 0.717) is 0 Å². The maximum Gasteiger partial charge on any atom is 0.127 e. The molecule has 3 heteroatoms. The van der Waals surface area contributed by atoms with E-state index >= 15 is 0 Å². The van der Waals surface area contributed by atoms with Crippen molar-refractivity contribution in [2.45, 2.75) is 19.4 Å². The van der Waals surface area contributed by atoms with E-state index in [9.17, 15) is 0 Å². The van der Waals surface area contributed by atoms with Crippen LogP contribution in [0, 0.1) is 6.92 Å². The molecule has 1 N–H and O–H groups in total. The number of ether oxygens (including phenoxy) is 1. The van der Waals surface area contributed by atoms with Crippen LogP contribution in [-0.4, -0.2) is 18.6 Å². The Kier molecular flexibility index (Phi) is 3.22. The number of hydrogen-bond donors (Lipinski definition) is 1. The van der Waals surface area contributed by atoms with Gasteiger partial charge in [0.25, 0.3) is 0 Å². The number of pyridine rings is 1. The van der Waals surface area contributed by atoms with Crippen molar-refractivity contribution in [1.82, 2.24) is 10.3 Å². The van der Waals surface area contributed by atoms with Gasteiger partial charge in [-0.3, -0.25) is 4.98 Å². The van der Waals surface area contributed by atoms with Crippen molar-refractivity contribution in [3.05, 3.63) is 58.9 Å². The van der Waals surface area contributed by atoms with Crippen molar-refractivity contribution in [2.24, 2.45) is 0 Å². The molecule has 0 amide bonds. The third-order valence-corrected chi connectivity index (χ3v) is 3.55. The second-order valence-corrected chi connectivity index (χ2v) is 4.86. The Morgan fingerprint density at radius 3 is 2.84 bits per heavy atom. The summed E-state index contributed by atoms with van der Waals surface area (Å²) in [4.78, 5) is 4.63. The van der Waals surface area contributed by atoms with Gasteiger partial charge in [-0.2, -0.15) is 0 Å². The summed E-state index contributed by atoms with van der Waals surface area (Å²) in [5, 5.41) is 3.35. The predicted octanol–water partition coefficient (Wildman–Crippen LogP) is 2.63. The molecule has 0 saturated heterocycles. The van der Waals surface area contributed by atoms with Crippen LogP contribution in [0.5, 0.6) is 5.75 Å². The van der Waals surface area contributed by atoms with E-state index in [1.165, 1.54) is 11.1 Å². The lowest BCUT2D eigenvalue weighted by Gasteiger charge is -2.19. The van der Waals surface area contributed by atoms with Gasteiger partial charge in [0.05, 0.1) is 18.3 Å². The number of aromatic nitrogens is 1. The Morgan fingerprint density at radius 2 is 2.05 bits per heavy atom. The highest BCUT2D eigenvalue weighted by atomic mass is 16.5. The molecule has 0 fully saturated rings. The second-order valence-electron chi connectivity index (χ2n) is 4.86. The molecule has 0 spiro atoms. The fourth-order valence-electron chi connectivity index (χ4n) is 2.66. The SMILES string of the molecule is CNC(c1cccc(C)n1)c1cccc2c1OCC2. The van der Waals surface area contributed by atoms with Crippen LogP contribution >= 0.6 is 0 Å². The monoisotopic (exact) mass is 254 g/mol. The van der Waals surface area contributed by atoms with Crippen molar-refractivity contribution >= 4 is 0 Å². The van der Waals surface area contributed by atoms with Gasteiger partial charge in [0.2, 0.25) is 0 Å². The number of hydrogen-bond acceptors (Lipinski definition) is 3. The molecule has 1 aromatic carbocycles. The molecule has 98 valence electrons. The molecule has 0 saturated carbocycles. The minimum absolute atomic E-state index is 0.0768. The molecule has 1 atom stereocenters. The molecule has 0 radical (unpaired) electrons. The summed E-state index contributed by atoms with van der Waals surface area (Å²) in [5.74, 6) is 1.03. The molecule has 1 unspecified atom stereocenters. The molecule has 0 bridgehead atoms. The summed E-state index contributed by atoms with van der Waals surface area (Å²) >= 11 is 0. The van der Waals surface area contributed by atoms with E-state index in [2.05, 4.69) is 34.6 Å². The molecule has 3 rings (SSSR count). The topological polar surface area (TPSA) is 34.2 Å². The first-order valence-corrected chi connectivity index (χ1v) is 6.65. The van der Waals surface area contributed by atoms with Gasteiger partial charge in [0.1, 0.15) is 5.75 Å². The predicted molar refractivity (Wildman–Crippen MR) is 75.5 cm³/mol. The number of fused-ring (bicyclic) bond motifs is 1. The third-order valence-electron chi connectivity index (χ3n) is 3.55. The highest BCUT2D eigenvalue weighted by Gasteiger charge is 2.23. The molecule has 2 heterocycles. The first-order chi connectivity index (χ1) is 9.29. The molecule has 0 aliphatic carbocycles. The minimum atomic E-state index is 0.0768. The lowest BCUT2D eigenvalue weighted by molar-refractivity contribution is 0.351. The second kappa shape index (κ2) is 5.02. The van der Waals surface area contributed by atoms with Crippen LogP contribution in [0.2, 0.25) is 0 Å². The summed E-state index contributed by atoms with van der Waals surface area (Å²) < 4.78 is 5.80. The molecule has 1 aliphatic rings. The number of nitrogens with one attached hydrogen (secondary N) is 1. The summed E-state index contributed by atoms with van der Waals surface area (Å²) in [5.41, 5.74) is 4.54. The van der Waals surface area contributed by atoms with Gasteiger partial charge in [-0.1, -0.05) is 24.3 Å². The molecular weight excluding hydrogens is 236 g/mol. The van der Waals surface area contributed by atoms with Gasteiger partial charge in [-0.25, -0.2) is 0 Å². The van der Waals surface area contributed by atoms with Crippen LogP contribution in [0.25, 0.3) is 0 Å². The maximum absolute atomic E-state index is 5.80. The third kappa shape index (κ3) is 2.22. The summed E-state index contributed by atoms with van der Waals surface area (Å²) in [6.45, 7) is 2.80. The molecule has 1 aromatic heterocycles. The van der Waals surface area contributed by atoms with Crippen LogP contribution < -0.4 is 10.1 Å². The van der Waals surface area contributed by atoms with Gasteiger partial charge in [-0.05, 0) is 31.7 Å². The number of rotatable bonds is 3. The van der Waals surface area contributed by atoms with Gasteiger partial charge in [-0.15, -0.1) is 0 Å². The van der Waals surface area contributed by atoms with E-state index in [0.717, 1.165) is 30.2 Å². The quantitative estimate of drug-likeness (QED) is 0.914. The number of para-hydroxylation sites is 1. The molecule has 2 aromatic rings. The zero-order valence-electron chi connectivity index (χ0n) is 11.3. The van der Waals surface area contributed by atoms with Gasteiger partial charge in [0.15, 0.2) is 0 Å². The number of aryl methyl sites for hydroxylation is 1. The van der Waals surface area contributed by atoms with Crippen LogP contribution in [0.1, 0.15) is 28.6 Å². The van der Waals surface area contributed by atoms with Crippen LogP contribution in [0.4, 0.5) is 0 Å². The summed E-state index contributed by atoms with van der Waals surface area (Å²) in [6, 6.07) is 12.6. The molecular formula is C16H18N2O. The van der Waals surface area contributed by atoms with E-state index in [1.807, 2.05) is 26.1 Å². The van der Waals surface area contributed by atoms with Crippen LogP contribution in [0.15, 0.2) is 36.4 Å². The maximum atomic E-state index is 5.80. The normalized spacial score (nSPS) is 14.8. The number of benzene rings is 1. The minimum Gasteiger partial charge on any atom is -0.493 e. The summed E-state index contributed by atoms with van der Waals surface area (Å²) in [7, 11) is 1.96. The highest BCUT2D eigenvalue weighted by Crippen LogP contribution is 2.35. The highest BCUT2D eigenvalue weighted by molar-refractivity contribution is 5.47. The van der Waals surface area contributed by atoms with E-state index in [1.54, 1.807) is 0 Å². The van der Waals surface area contributed by atoms with E-state index in [4.69, 9.17) is 4.74 Å². The Balaban J connectivity index is 2.06. The molecule has 19 heavy (non-hydrogen) atoms. The average Bonchev–Trinajstić information content (AvgIpc) is 2.89. The fourth-order valence-corrected chi connectivity index (χ4v) is 2.66. The van der Waals surface area contributed by atoms with Crippen LogP contribution in [0.3, 0.4) is 0 Å². The zero-order chi connectivity index (χ0) is 13.2. The lowest BCUT2D eigenvalue weighted by Crippen LogP contribution is -2.19. The van der Waals surface area contributed by atoms with Crippen LogP contribution in [-0.2, 0) is 6.42 Å². The summed E-state index contributed by atoms with van der Waals surface area (Å²) in [6.07, 6.45) is 1.00. The first kappa shape index (κ1) is 12.2. The van der Waals surface area contributed by atoms with E-state index < -0.39 is 0 Å². The smallest absolute Gasteiger partial charge is 0.127 e. The zero-order valence-corrected chi connectivity index (χ0v) is 11.3. The van der Waals surface area contributed by atoms with Crippen molar-refractivity contribution in [3.63, 3.8) is 0 Å². The van der Waals surface area contributed by atoms with Crippen molar-refractivity contribution in [3.8, 4) is 5.75 Å². The lowest BCUT2D eigenvalue weighted by atomic mass is 9.99. The van der Waals surface area contributed by atoms with Crippen molar-refractivity contribution in [2.75, 3.05) is 13.7 Å². The van der Waals surface area contributed by atoms with Gasteiger partial charge < -0.3 is 10.1 Å². The average molecular weight is 254 g/mol. The largest absolute Gasteiger partial charge is 0.493 e. The fraction of sp³-hybridized carbons (Fsp3) is 0.312. The standard InChI is InChI=1S/C16H18N2O/c1-11-5-3-8-14(18-11)15(17-2)13-7-4-6-12-9-10-19-16(12)13/h3-8,15,17H,9-10H2,1-2H3. The Hall–Kier alpha value is -1.87. The number of nitrogens with zero attached hydrogens (tertiary/aromatic N) is 1. The van der Waals surface area contributed by atoms with Crippen molar-refractivity contribution in [1.29, 1.82) is 0 Å². The first-order valence-electron chi connectivity index (χ1n) is 6.65. The Morgan fingerprint density at radius 1 is 1.21 bits per heavy atom. The Bertz CT molecular complexity index is 595. The van der Waals surface area contributed by atoms with Crippen molar-refractivity contribution < 1.29 is 4.74 Å². The molecule has 1 aliphatic heterocycles. The molecule has 3 nitrogen and oxygen atoms in total. The van der Waals surface area contributed by atoms with Gasteiger partial charge >= 0.3 is 0 Å². The Labute approximate surface area is 113 Å². The van der Waals surface area contributed by atoms with E-state index in [-0.39, 0.29) is 6.04 Å². The van der Waals surface area contributed by atoms with Gasteiger partial charge in [0, 0.05) is 17.7 Å².